The highest BCUT2D eigenvalue weighted by molar-refractivity contribution is 7.92. The van der Waals surface area contributed by atoms with E-state index >= 15 is 0 Å². The fourth-order valence-corrected chi connectivity index (χ4v) is 6.15. The molecule has 2 amide bonds. The van der Waals surface area contributed by atoms with E-state index in [0.717, 1.165) is 18.2 Å². The molecule has 0 aromatic heterocycles. The minimum atomic E-state index is -3.69. The van der Waals surface area contributed by atoms with E-state index in [1.165, 1.54) is 16.3 Å². The van der Waals surface area contributed by atoms with E-state index in [-0.39, 0.29) is 50.2 Å². The SMILES string of the molecule is CC[C@@H](C)NC(=O)[C@@H](Cc1ccccc1)N(Cc1c(Cl)cccc1Cl)C(=O)CCCN(c1ccccc1OC)S(C)(=O)=O. The third-order valence-electron chi connectivity index (χ3n) is 7.17. The largest absolute Gasteiger partial charge is 0.495 e. The molecular formula is C32H39Cl2N3O5S. The highest BCUT2D eigenvalue weighted by Gasteiger charge is 2.32. The number of amides is 2. The third-order valence-corrected chi connectivity index (χ3v) is 9.06. The number of benzene rings is 3. The quantitative estimate of drug-likeness (QED) is 0.215. The second-order valence-corrected chi connectivity index (χ2v) is 13.1. The summed E-state index contributed by atoms with van der Waals surface area (Å²) >= 11 is 13.0. The first kappa shape index (κ1) is 34.2. The summed E-state index contributed by atoms with van der Waals surface area (Å²) in [5.74, 6) is -0.218. The number of para-hydroxylation sites is 2. The monoisotopic (exact) mass is 647 g/mol. The molecule has 0 aliphatic heterocycles. The Bertz CT molecular complexity index is 1470. The van der Waals surface area contributed by atoms with Crippen molar-refractivity contribution in [2.75, 3.05) is 24.2 Å². The zero-order valence-electron chi connectivity index (χ0n) is 24.9. The molecule has 3 aromatic carbocycles. The van der Waals surface area contributed by atoms with Gasteiger partial charge in [-0.2, -0.15) is 0 Å². The van der Waals surface area contributed by atoms with Crippen LogP contribution < -0.4 is 14.4 Å². The Labute approximate surface area is 265 Å². The van der Waals surface area contributed by atoms with Crippen molar-refractivity contribution in [3.8, 4) is 5.75 Å². The molecule has 0 saturated carbocycles. The minimum Gasteiger partial charge on any atom is -0.495 e. The van der Waals surface area contributed by atoms with Crippen LogP contribution in [0.15, 0.2) is 72.8 Å². The Kier molecular flexibility index (Phi) is 12.7. The molecule has 0 aliphatic carbocycles. The maximum absolute atomic E-state index is 14.0. The molecule has 43 heavy (non-hydrogen) atoms. The van der Waals surface area contributed by atoms with Crippen LogP contribution in [0.4, 0.5) is 5.69 Å². The summed E-state index contributed by atoms with van der Waals surface area (Å²) in [4.78, 5) is 29.2. The molecule has 0 bridgehead atoms. The van der Waals surface area contributed by atoms with Gasteiger partial charge in [-0.1, -0.05) is 78.7 Å². The van der Waals surface area contributed by atoms with Gasteiger partial charge in [-0.3, -0.25) is 13.9 Å². The highest BCUT2D eigenvalue weighted by atomic mass is 35.5. The summed E-state index contributed by atoms with van der Waals surface area (Å²) in [6, 6.07) is 20.4. The van der Waals surface area contributed by atoms with Gasteiger partial charge in [0.15, 0.2) is 0 Å². The molecule has 232 valence electrons. The second kappa shape index (κ2) is 16.0. The van der Waals surface area contributed by atoms with E-state index in [4.69, 9.17) is 27.9 Å². The molecule has 8 nitrogen and oxygen atoms in total. The Morgan fingerprint density at radius 2 is 1.58 bits per heavy atom. The van der Waals surface area contributed by atoms with Crippen molar-refractivity contribution in [2.45, 2.75) is 58.2 Å². The predicted octanol–water partition coefficient (Wildman–Crippen LogP) is 6.10. The molecule has 0 fully saturated rings. The standard InChI is InChI=1S/C32H39Cl2N3O5S/c1-5-23(2)35-32(39)29(21-24-13-7-6-8-14-24)36(22-25-26(33)15-11-16-27(25)34)31(38)19-12-20-37(43(4,40)41)28-17-9-10-18-30(28)42-3/h6-11,13-18,23,29H,5,12,19-22H2,1-4H3,(H,35,39)/t23-,29-/m1/s1. The molecule has 0 radical (unpaired) electrons. The predicted molar refractivity (Wildman–Crippen MR) is 173 cm³/mol. The van der Waals surface area contributed by atoms with Gasteiger partial charge >= 0.3 is 0 Å². The van der Waals surface area contributed by atoms with Crippen LogP contribution in [0.3, 0.4) is 0 Å². The van der Waals surface area contributed by atoms with Crippen molar-refractivity contribution >= 4 is 50.7 Å². The molecule has 2 atom stereocenters. The van der Waals surface area contributed by atoms with Crippen molar-refractivity contribution < 1.29 is 22.7 Å². The molecule has 1 N–H and O–H groups in total. The van der Waals surface area contributed by atoms with Gasteiger partial charge in [-0.25, -0.2) is 8.42 Å². The van der Waals surface area contributed by atoms with E-state index < -0.39 is 16.1 Å². The van der Waals surface area contributed by atoms with Crippen molar-refractivity contribution in [3.05, 3.63) is 94.0 Å². The Morgan fingerprint density at radius 3 is 2.19 bits per heavy atom. The summed E-state index contributed by atoms with van der Waals surface area (Å²) in [5, 5.41) is 3.79. The number of halogens is 2. The lowest BCUT2D eigenvalue weighted by Gasteiger charge is -2.33. The lowest BCUT2D eigenvalue weighted by Crippen LogP contribution is -2.52. The Hall–Kier alpha value is -3.27. The number of hydrogen-bond donors (Lipinski definition) is 1. The maximum Gasteiger partial charge on any atom is 0.243 e. The van der Waals surface area contributed by atoms with E-state index in [2.05, 4.69) is 5.32 Å². The summed E-state index contributed by atoms with van der Waals surface area (Å²) in [6.45, 7) is 3.92. The van der Waals surface area contributed by atoms with Crippen LogP contribution in [-0.2, 0) is 32.6 Å². The van der Waals surface area contributed by atoms with Crippen LogP contribution in [0, 0.1) is 0 Å². The van der Waals surface area contributed by atoms with Crippen molar-refractivity contribution in [3.63, 3.8) is 0 Å². The van der Waals surface area contributed by atoms with Crippen molar-refractivity contribution in [2.24, 2.45) is 0 Å². The number of nitrogens with zero attached hydrogens (tertiary/aromatic N) is 2. The molecule has 11 heteroatoms. The molecule has 0 spiro atoms. The smallest absolute Gasteiger partial charge is 0.243 e. The summed E-state index contributed by atoms with van der Waals surface area (Å²) in [5.41, 5.74) is 1.80. The molecule has 0 unspecified atom stereocenters. The molecule has 0 saturated heterocycles. The lowest BCUT2D eigenvalue weighted by atomic mass is 10.0. The van der Waals surface area contributed by atoms with Crippen LogP contribution in [0.2, 0.25) is 10.0 Å². The first-order valence-electron chi connectivity index (χ1n) is 14.1. The first-order valence-corrected chi connectivity index (χ1v) is 16.7. The number of ether oxygens (including phenoxy) is 1. The van der Waals surface area contributed by atoms with Gasteiger partial charge in [0.1, 0.15) is 11.8 Å². The summed E-state index contributed by atoms with van der Waals surface area (Å²) in [7, 11) is -2.22. The zero-order chi connectivity index (χ0) is 31.6. The summed E-state index contributed by atoms with van der Waals surface area (Å²) in [6.07, 6.45) is 2.28. The number of rotatable bonds is 15. The second-order valence-electron chi connectivity index (χ2n) is 10.4. The maximum atomic E-state index is 14.0. The van der Waals surface area contributed by atoms with Crippen LogP contribution in [0.1, 0.15) is 44.2 Å². The number of methoxy groups -OCH3 is 1. The number of carbonyl (C=O) groups excluding carboxylic acids is 2. The van der Waals surface area contributed by atoms with Crippen molar-refractivity contribution in [1.29, 1.82) is 0 Å². The first-order chi connectivity index (χ1) is 20.5. The van der Waals surface area contributed by atoms with Gasteiger partial charge in [0, 0.05) is 47.6 Å². The number of carbonyl (C=O) groups is 2. The van der Waals surface area contributed by atoms with Gasteiger partial charge in [0.05, 0.1) is 19.1 Å². The number of anilines is 1. The zero-order valence-corrected chi connectivity index (χ0v) is 27.3. The number of nitrogens with one attached hydrogen (secondary N) is 1. The molecule has 0 heterocycles. The van der Waals surface area contributed by atoms with E-state index in [9.17, 15) is 18.0 Å². The van der Waals surface area contributed by atoms with Crippen LogP contribution >= 0.6 is 23.2 Å². The normalized spacial score (nSPS) is 12.7. The minimum absolute atomic E-state index is 0.00502. The molecular weight excluding hydrogens is 609 g/mol. The highest BCUT2D eigenvalue weighted by Crippen LogP contribution is 2.31. The Morgan fingerprint density at radius 1 is 0.953 bits per heavy atom. The van der Waals surface area contributed by atoms with Crippen LogP contribution in [-0.4, -0.2) is 57.1 Å². The third kappa shape index (κ3) is 9.61. The molecule has 0 aliphatic rings. The molecule has 3 aromatic rings. The Balaban J connectivity index is 1.95. The molecule has 3 rings (SSSR count). The topological polar surface area (TPSA) is 96.0 Å². The average Bonchev–Trinajstić information content (AvgIpc) is 2.98. The number of hydrogen-bond acceptors (Lipinski definition) is 5. The number of sulfonamides is 1. The fraction of sp³-hybridized carbons (Fsp3) is 0.375. The lowest BCUT2D eigenvalue weighted by molar-refractivity contribution is -0.141. The van der Waals surface area contributed by atoms with Crippen LogP contribution in [0.5, 0.6) is 5.75 Å². The average molecular weight is 649 g/mol. The van der Waals surface area contributed by atoms with Gasteiger partial charge in [-0.05, 0) is 49.6 Å². The fourth-order valence-electron chi connectivity index (χ4n) is 4.67. The van der Waals surface area contributed by atoms with Gasteiger partial charge in [0.25, 0.3) is 0 Å². The summed E-state index contributed by atoms with van der Waals surface area (Å²) < 4.78 is 32.1. The van der Waals surface area contributed by atoms with Crippen molar-refractivity contribution in [1.82, 2.24) is 10.2 Å². The van der Waals surface area contributed by atoms with Gasteiger partial charge in [0.2, 0.25) is 21.8 Å². The van der Waals surface area contributed by atoms with E-state index in [1.54, 1.807) is 42.5 Å². The van der Waals surface area contributed by atoms with Gasteiger partial charge < -0.3 is 15.0 Å². The van der Waals surface area contributed by atoms with Crippen LogP contribution in [0.25, 0.3) is 0 Å². The van der Waals surface area contributed by atoms with E-state index in [0.29, 0.717) is 27.0 Å². The van der Waals surface area contributed by atoms with E-state index in [1.807, 2.05) is 44.2 Å². The van der Waals surface area contributed by atoms with Gasteiger partial charge in [-0.15, -0.1) is 0 Å².